The number of aryl methyl sites for hydroxylation is 1. The maximum Gasteiger partial charge on any atom is 0.167 e. The quantitative estimate of drug-likeness (QED) is 0.539. The van der Waals surface area contributed by atoms with Crippen molar-refractivity contribution in [1.29, 1.82) is 0 Å². The average molecular weight is 184 g/mol. The van der Waals surface area contributed by atoms with E-state index in [9.17, 15) is 0 Å². The van der Waals surface area contributed by atoms with Crippen LogP contribution in [0.2, 0.25) is 0 Å². The van der Waals surface area contributed by atoms with Gasteiger partial charge in [-0.1, -0.05) is 11.2 Å². The monoisotopic (exact) mass is 184 g/mol. The van der Waals surface area contributed by atoms with Gasteiger partial charge in [0.2, 0.25) is 0 Å². The molecule has 0 amide bonds. The smallest absolute Gasteiger partial charge is 0.167 e. The van der Waals surface area contributed by atoms with Crippen LogP contribution in [-0.4, -0.2) is 10.1 Å². The topological polar surface area (TPSA) is 38.9 Å². The van der Waals surface area contributed by atoms with Crippen LogP contribution in [0.3, 0.4) is 0 Å². The first-order chi connectivity index (χ1) is 6.86. The molecule has 0 atom stereocenters. The zero-order valence-electron chi connectivity index (χ0n) is 7.69. The van der Waals surface area contributed by atoms with Gasteiger partial charge in [-0.05, 0) is 25.1 Å². The van der Waals surface area contributed by atoms with Crippen molar-refractivity contribution < 1.29 is 4.52 Å². The lowest BCUT2D eigenvalue weighted by Crippen LogP contribution is -1.78. The van der Waals surface area contributed by atoms with Crippen LogP contribution >= 0.6 is 0 Å². The van der Waals surface area contributed by atoms with Crippen molar-refractivity contribution in [2.45, 2.75) is 6.92 Å². The summed E-state index contributed by atoms with van der Waals surface area (Å²) in [6, 6.07) is 7.82. The molecule has 68 valence electrons. The van der Waals surface area contributed by atoms with E-state index in [-0.39, 0.29) is 0 Å². The predicted octanol–water partition coefficient (Wildman–Crippen LogP) is 2.68. The van der Waals surface area contributed by atoms with Crippen LogP contribution < -0.4 is 0 Å². The van der Waals surface area contributed by atoms with E-state index in [1.807, 2.05) is 31.2 Å². The third-order valence-corrected chi connectivity index (χ3v) is 2.39. The molecule has 2 heterocycles. The van der Waals surface area contributed by atoms with Gasteiger partial charge in [0.05, 0.1) is 16.6 Å². The molecular weight excluding hydrogens is 176 g/mol. The number of benzene rings is 1. The first-order valence-electron chi connectivity index (χ1n) is 4.46. The molecule has 0 radical (unpaired) electrons. The molecule has 0 saturated carbocycles. The first kappa shape index (κ1) is 7.50. The van der Waals surface area contributed by atoms with Gasteiger partial charge >= 0.3 is 0 Å². The van der Waals surface area contributed by atoms with Gasteiger partial charge in [0.1, 0.15) is 0 Å². The Hall–Kier alpha value is -1.90. The lowest BCUT2D eigenvalue weighted by molar-refractivity contribution is 0.450. The van der Waals surface area contributed by atoms with E-state index in [2.05, 4.69) is 10.1 Å². The highest BCUT2D eigenvalue weighted by molar-refractivity contribution is 6.05. The summed E-state index contributed by atoms with van der Waals surface area (Å²) in [5.74, 6) is 0. The molecule has 3 rings (SSSR count). The molecule has 1 aromatic carbocycles. The first-order valence-corrected chi connectivity index (χ1v) is 4.46. The van der Waals surface area contributed by atoms with Crippen LogP contribution in [0, 0.1) is 6.92 Å². The molecule has 14 heavy (non-hydrogen) atoms. The van der Waals surface area contributed by atoms with E-state index in [1.54, 1.807) is 6.20 Å². The summed E-state index contributed by atoms with van der Waals surface area (Å²) in [6.45, 7) is 1.94. The predicted molar refractivity (Wildman–Crippen MR) is 54.0 cm³/mol. The van der Waals surface area contributed by atoms with Crippen molar-refractivity contribution in [3.63, 3.8) is 0 Å². The second kappa shape index (κ2) is 2.54. The minimum Gasteiger partial charge on any atom is -0.356 e. The van der Waals surface area contributed by atoms with Crippen molar-refractivity contribution in [3.05, 3.63) is 36.2 Å². The molecule has 0 aliphatic carbocycles. The van der Waals surface area contributed by atoms with Gasteiger partial charge in [0.25, 0.3) is 0 Å². The average Bonchev–Trinajstić information content (AvgIpc) is 2.61. The molecule has 0 N–H and O–H groups in total. The van der Waals surface area contributed by atoms with E-state index >= 15 is 0 Å². The largest absolute Gasteiger partial charge is 0.356 e. The van der Waals surface area contributed by atoms with Gasteiger partial charge < -0.3 is 4.52 Å². The second-order valence-electron chi connectivity index (χ2n) is 3.28. The van der Waals surface area contributed by atoms with Gasteiger partial charge in [-0.15, -0.1) is 0 Å². The molecule has 0 aliphatic heterocycles. The summed E-state index contributed by atoms with van der Waals surface area (Å²) in [4.78, 5) is 4.28. The molecule has 2 aromatic heterocycles. The van der Waals surface area contributed by atoms with E-state index in [1.165, 1.54) is 0 Å². The maximum atomic E-state index is 5.18. The summed E-state index contributed by atoms with van der Waals surface area (Å²) in [5.41, 5.74) is 2.72. The van der Waals surface area contributed by atoms with Gasteiger partial charge in [-0.2, -0.15) is 0 Å². The van der Waals surface area contributed by atoms with Gasteiger partial charge in [-0.25, -0.2) is 0 Å². The summed E-state index contributed by atoms with van der Waals surface area (Å²) in [6.07, 6.45) is 1.79. The molecule has 0 fully saturated rings. The molecule has 3 heteroatoms. The van der Waals surface area contributed by atoms with E-state index in [0.29, 0.717) is 0 Å². The molecule has 0 unspecified atom stereocenters. The minimum absolute atomic E-state index is 0.822. The summed E-state index contributed by atoms with van der Waals surface area (Å²) in [7, 11) is 0. The summed E-state index contributed by atoms with van der Waals surface area (Å²) in [5, 5.41) is 6.11. The van der Waals surface area contributed by atoms with Crippen molar-refractivity contribution in [1.82, 2.24) is 10.1 Å². The second-order valence-corrected chi connectivity index (χ2v) is 3.28. The van der Waals surface area contributed by atoms with Gasteiger partial charge in [-0.3, -0.25) is 4.98 Å². The number of rotatable bonds is 0. The number of fused-ring (bicyclic) bond motifs is 3. The van der Waals surface area contributed by atoms with E-state index < -0.39 is 0 Å². The van der Waals surface area contributed by atoms with E-state index in [4.69, 9.17) is 4.52 Å². The maximum absolute atomic E-state index is 5.18. The number of aromatic nitrogens is 2. The molecule has 0 spiro atoms. The van der Waals surface area contributed by atoms with Crippen molar-refractivity contribution in [2.75, 3.05) is 0 Å². The highest BCUT2D eigenvalue weighted by atomic mass is 16.5. The lowest BCUT2D eigenvalue weighted by Gasteiger charge is -1.96. The van der Waals surface area contributed by atoms with Crippen molar-refractivity contribution >= 4 is 21.9 Å². The summed E-state index contributed by atoms with van der Waals surface area (Å²) >= 11 is 0. The highest BCUT2D eigenvalue weighted by Crippen LogP contribution is 2.26. The van der Waals surface area contributed by atoms with Gasteiger partial charge in [0, 0.05) is 11.6 Å². The Morgan fingerprint density at radius 3 is 3.07 bits per heavy atom. The normalized spacial score (nSPS) is 11.2. The molecule has 3 aromatic rings. The van der Waals surface area contributed by atoms with Crippen LogP contribution in [0.25, 0.3) is 21.9 Å². The SMILES string of the molecule is Cc1noc2ccc3ncccc3c12. The Kier molecular flexibility index (Phi) is 1.36. The van der Waals surface area contributed by atoms with Crippen LogP contribution in [-0.2, 0) is 0 Å². The third-order valence-electron chi connectivity index (χ3n) is 2.39. The van der Waals surface area contributed by atoms with Crippen LogP contribution in [0.4, 0.5) is 0 Å². The fourth-order valence-corrected chi connectivity index (χ4v) is 1.74. The minimum atomic E-state index is 0.822. The number of nitrogens with zero attached hydrogens (tertiary/aromatic N) is 2. The Morgan fingerprint density at radius 1 is 1.21 bits per heavy atom. The van der Waals surface area contributed by atoms with Crippen molar-refractivity contribution in [2.24, 2.45) is 0 Å². The van der Waals surface area contributed by atoms with E-state index in [0.717, 1.165) is 27.6 Å². The standard InChI is InChI=1S/C11H8N2O/c1-7-11-8-3-2-6-12-9(8)4-5-10(11)14-13-7/h2-6H,1H3. The summed E-state index contributed by atoms with van der Waals surface area (Å²) < 4.78 is 5.18. The highest BCUT2D eigenvalue weighted by Gasteiger charge is 2.07. The molecular formula is C11H8N2O. The number of hydrogen-bond donors (Lipinski definition) is 0. The zero-order chi connectivity index (χ0) is 9.54. The molecule has 3 nitrogen and oxygen atoms in total. The fraction of sp³-hybridized carbons (Fsp3) is 0.0909. The van der Waals surface area contributed by atoms with Crippen LogP contribution in [0.5, 0.6) is 0 Å². The Morgan fingerprint density at radius 2 is 2.14 bits per heavy atom. The Balaban J connectivity index is 2.65. The Bertz CT molecular complexity index is 613. The van der Waals surface area contributed by atoms with Crippen LogP contribution in [0.15, 0.2) is 35.0 Å². The zero-order valence-corrected chi connectivity index (χ0v) is 7.69. The third kappa shape index (κ3) is 0.865. The van der Waals surface area contributed by atoms with Gasteiger partial charge in [0.15, 0.2) is 5.58 Å². The fourth-order valence-electron chi connectivity index (χ4n) is 1.74. The molecule has 0 aliphatic rings. The number of hydrogen-bond acceptors (Lipinski definition) is 3. The molecule has 0 saturated heterocycles. The number of pyridine rings is 1. The lowest BCUT2D eigenvalue weighted by atomic mass is 10.1. The van der Waals surface area contributed by atoms with Crippen molar-refractivity contribution in [3.8, 4) is 0 Å². The van der Waals surface area contributed by atoms with Crippen LogP contribution in [0.1, 0.15) is 5.69 Å². The Labute approximate surface area is 80.3 Å². The molecule has 0 bridgehead atoms.